The number of esters is 1. The minimum Gasteiger partial charge on any atom is -0.462 e. The normalized spacial score (nSPS) is 16.5. The second kappa shape index (κ2) is 15.5. The molecule has 0 spiro atoms. The van der Waals surface area contributed by atoms with Crippen LogP contribution in [0.15, 0.2) is 18.2 Å². The zero-order valence-corrected chi connectivity index (χ0v) is 32.9. The Labute approximate surface area is 276 Å². The number of rotatable bonds is 14. The Morgan fingerprint density at radius 3 is 1.68 bits per heavy atom. The summed E-state index contributed by atoms with van der Waals surface area (Å²) >= 11 is 0. The maximum Gasteiger partial charge on any atom is 0.309 e. The Bertz CT molecular complexity index is 1020. The fourth-order valence-electron chi connectivity index (χ4n) is 6.74. The number of unbranched alkanes of at least 4 members (excludes halogenated alkanes) is 1. The van der Waals surface area contributed by atoms with Crippen LogP contribution >= 0.6 is 0 Å². The molecule has 0 saturated heterocycles. The highest BCUT2D eigenvalue weighted by atomic mass is 16.5. The molecule has 1 aromatic rings. The van der Waals surface area contributed by atoms with Crippen LogP contribution in [0.2, 0.25) is 0 Å². The van der Waals surface area contributed by atoms with Gasteiger partial charge in [-0.2, -0.15) is 0 Å². The summed E-state index contributed by atoms with van der Waals surface area (Å²) in [4.78, 5) is 13.6. The van der Waals surface area contributed by atoms with Gasteiger partial charge in [-0.05, 0) is 93.6 Å². The van der Waals surface area contributed by atoms with Crippen molar-refractivity contribution in [3.63, 3.8) is 0 Å². The standard InChI is InChI=1S/C42H76O2/c1-19-20-21-31(27-38(5,6)7)37(43)44-36(29(2)3)30(4)22-23-42(17,18)34-25-32(24-33(26-34)40(11,12)13)35(41(14,15)16)28-39(8,9)10/h24-26,29-31,35-36H,19-23,27-28H2,1-18H3. The van der Waals surface area contributed by atoms with Crippen molar-refractivity contribution in [1.82, 2.24) is 0 Å². The maximum absolute atomic E-state index is 13.6. The Balaban J connectivity index is 3.34. The fraction of sp³-hybridized carbons (Fsp3) is 0.833. The zero-order chi connectivity index (χ0) is 34.5. The quantitative estimate of drug-likeness (QED) is 0.195. The summed E-state index contributed by atoms with van der Waals surface area (Å²) in [6, 6.07) is 7.52. The van der Waals surface area contributed by atoms with Gasteiger partial charge in [0.2, 0.25) is 0 Å². The number of benzene rings is 1. The van der Waals surface area contributed by atoms with E-state index in [2.05, 4.69) is 143 Å². The molecule has 0 aliphatic rings. The Morgan fingerprint density at radius 2 is 1.25 bits per heavy atom. The molecule has 44 heavy (non-hydrogen) atoms. The zero-order valence-electron chi connectivity index (χ0n) is 32.9. The van der Waals surface area contributed by atoms with Crippen LogP contribution in [0.4, 0.5) is 0 Å². The smallest absolute Gasteiger partial charge is 0.309 e. The molecule has 0 aromatic heterocycles. The van der Waals surface area contributed by atoms with E-state index in [9.17, 15) is 4.79 Å². The lowest BCUT2D eigenvalue weighted by Crippen LogP contribution is -2.35. The molecule has 2 nitrogen and oxygen atoms in total. The SMILES string of the molecule is CCCCC(CC(C)(C)C)C(=O)OC(C(C)C)C(C)CCC(C)(C)c1cc(C(CC(C)(C)C)C(C)(C)C)cc(C(C)(C)C)c1. The summed E-state index contributed by atoms with van der Waals surface area (Å²) in [6.07, 6.45) is 7.19. The lowest BCUT2D eigenvalue weighted by atomic mass is 9.67. The van der Waals surface area contributed by atoms with Gasteiger partial charge in [0.25, 0.3) is 0 Å². The summed E-state index contributed by atoms with van der Waals surface area (Å²) in [6.45, 7) is 41.8. The van der Waals surface area contributed by atoms with Gasteiger partial charge in [0.1, 0.15) is 6.10 Å². The molecule has 4 unspecified atom stereocenters. The van der Waals surface area contributed by atoms with Crippen molar-refractivity contribution in [2.75, 3.05) is 0 Å². The first-order valence-corrected chi connectivity index (χ1v) is 18.0. The number of ether oxygens (including phenoxy) is 1. The van der Waals surface area contributed by atoms with Crippen molar-refractivity contribution in [2.24, 2.45) is 34.0 Å². The molecular weight excluding hydrogens is 536 g/mol. The highest BCUT2D eigenvalue weighted by Crippen LogP contribution is 2.46. The van der Waals surface area contributed by atoms with E-state index in [1.54, 1.807) is 0 Å². The average molecular weight is 613 g/mol. The summed E-state index contributed by atoms with van der Waals surface area (Å²) < 4.78 is 6.41. The number of hydrogen-bond acceptors (Lipinski definition) is 2. The molecule has 0 bridgehead atoms. The third kappa shape index (κ3) is 13.6. The van der Waals surface area contributed by atoms with E-state index in [4.69, 9.17) is 4.74 Å². The fourth-order valence-corrected chi connectivity index (χ4v) is 6.74. The number of carbonyl (C=O) groups is 1. The molecule has 0 amide bonds. The second-order valence-corrected chi connectivity index (χ2v) is 19.9. The van der Waals surface area contributed by atoms with Crippen molar-refractivity contribution >= 4 is 5.97 Å². The molecule has 1 aromatic carbocycles. The topological polar surface area (TPSA) is 26.3 Å². The second-order valence-electron chi connectivity index (χ2n) is 19.9. The van der Waals surface area contributed by atoms with Crippen LogP contribution in [-0.4, -0.2) is 12.1 Å². The van der Waals surface area contributed by atoms with E-state index in [0.717, 1.165) is 44.9 Å². The van der Waals surface area contributed by atoms with Crippen LogP contribution in [0.1, 0.15) is 192 Å². The van der Waals surface area contributed by atoms with Crippen molar-refractivity contribution in [3.8, 4) is 0 Å². The Hall–Kier alpha value is -1.31. The van der Waals surface area contributed by atoms with E-state index >= 15 is 0 Å². The Kier molecular flexibility index (Phi) is 14.4. The highest BCUT2D eigenvalue weighted by molar-refractivity contribution is 5.72. The van der Waals surface area contributed by atoms with Crippen molar-refractivity contribution in [2.45, 2.75) is 192 Å². The third-order valence-electron chi connectivity index (χ3n) is 9.66. The van der Waals surface area contributed by atoms with Gasteiger partial charge in [-0.3, -0.25) is 4.79 Å². The molecule has 0 radical (unpaired) electrons. The summed E-state index contributed by atoms with van der Waals surface area (Å²) in [7, 11) is 0. The molecule has 0 saturated carbocycles. The lowest BCUT2D eigenvalue weighted by Gasteiger charge is -2.38. The van der Waals surface area contributed by atoms with E-state index < -0.39 is 0 Å². The maximum atomic E-state index is 13.6. The van der Waals surface area contributed by atoms with Gasteiger partial charge in [-0.15, -0.1) is 0 Å². The van der Waals surface area contributed by atoms with Gasteiger partial charge in [0.15, 0.2) is 0 Å². The van der Waals surface area contributed by atoms with Crippen LogP contribution in [0.5, 0.6) is 0 Å². The molecule has 0 aliphatic heterocycles. The largest absolute Gasteiger partial charge is 0.462 e. The number of carbonyl (C=O) groups excluding carboxylic acids is 1. The summed E-state index contributed by atoms with van der Waals surface area (Å²) in [5, 5.41) is 0. The lowest BCUT2D eigenvalue weighted by molar-refractivity contribution is -0.161. The van der Waals surface area contributed by atoms with Gasteiger partial charge in [-0.1, -0.05) is 156 Å². The Morgan fingerprint density at radius 1 is 0.727 bits per heavy atom. The van der Waals surface area contributed by atoms with Crippen molar-refractivity contribution in [3.05, 3.63) is 34.9 Å². The molecule has 0 N–H and O–H groups in total. The first kappa shape index (κ1) is 40.7. The minimum absolute atomic E-state index is 0.00979. The molecule has 0 aliphatic carbocycles. The highest BCUT2D eigenvalue weighted by Gasteiger charge is 2.35. The van der Waals surface area contributed by atoms with Crippen molar-refractivity contribution in [1.29, 1.82) is 0 Å². The molecule has 0 heterocycles. The van der Waals surface area contributed by atoms with Crippen LogP contribution in [-0.2, 0) is 20.4 Å². The molecule has 0 fully saturated rings. The first-order chi connectivity index (χ1) is 19.7. The van der Waals surface area contributed by atoms with Gasteiger partial charge >= 0.3 is 5.97 Å². The van der Waals surface area contributed by atoms with Gasteiger partial charge in [0, 0.05) is 0 Å². The number of hydrogen-bond donors (Lipinski definition) is 0. The molecular formula is C42H76O2. The van der Waals surface area contributed by atoms with E-state index in [1.165, 1.54) is 16.7 Å². The van der Waals surface area contributed by atoms with Crippen LogP contribution in [0, 0.1) is 34.0 Å². The van der Waals surface area contributed by atoms with E-state index in [-0.39, 0.29) is 45.1 Å². The van der Waals surface area contributed by atoms with Gasteiger partial charge < -0.3 is 4.74 Å². The van der Waals surface area contributed by atoms with Crippen LogP contribution in [0.3, 0.4) is 0 Å². The van der Waals surface area contributed by atoms with Gasteiger partial charge in [0.05, 0.1) is 5.92 Å². The monoisotopic (exact) mass is 613 g/mol. The van der Waals surface area contributed by atoms with E-state index in [0.29, 0.717) is 17.8 Å². The summed E-state index contributed by atoms with van der Waals surface area (Å²) in [5.74, 6) is 1.08. The predicted molar refractivity (Wildman–Crippen MR) is 195 cm³/mol. The minimum atomic E-state index is -0.0593. The van der Waals surface area contributed by atoms with Crippen LogP contribution < -0.4 is 0 Å². The van der Waals surface area contributed by atoms with Crippen LogP contribution in [0.25, 0.3) is 0 Å². The van der Waals surface area contributed by atoms with Gasteiger partial charge in [-0.25, -0.2) is 0 Å². The molecule has 2 heteroatoms. The first-order valence-electron chi connectivity index (χ1n) is 18.0. The molecule has 256 valence electrons. The average Bonchev–Trinajstić information content (AvgIpc) is 2.84. The summed E-state index contributed by atoms with van der Waals surface area (Å²) in [5.41, 5.74) is 5.00. The molecule has 1 rings (SSSR count). The van der Waals surface area contributed by atoms with Crippen molar-refractivity contribution < 1.29 is 9.53 Å². The molecule has 4 atom stereocenters. The third-order valence-corrected chi connectivity index (χ3v) is 9.66. The van der Waals surface area contributed by atoms with E-state index in [1.807, 2.05) is 0 Å². The predicted octanol–water partition coefficient (Wildman–Crippen LogP) is 13.1.